The average molecular weight is 369 g/mol. The molecule has 2 aromatic rings. The Kier molecular flexibility index (Phi) is 6.34. The molecule has 0 fully saturated rings. The van der Waals surface area contributed by atoms with E-state index in [0.29, 0.717) is 12.2 Å². The van der Waals surface area contributed by atoms with E-state index in [1.807, 2.05) is 54.3 Å². The Morgan fingerprint density at radius 3 is 2.85 bits per heavy atom. The van der Waals surface area contributed by atoms with Crippen molar-refractivity contribution in [1.82, 2.24) is 0 Å². The highest BCUT2D eigenvalue weighted by atomic mass is 32.2. The fourth-order valence-electron chi connectivity index (χ4n) is 3.13. The van der Waals surface area contributed by atoms with Gasteiger partial charge in [-0.2, -0.15) is 0 Å². The van der Waals surface area contributed by atoms with Crippen LogP contribution in [0.3, 0.4) is 0 Å². The third-order valence-electron chi connectivity index (χ3n) is 4.37. The molecule has 0 aliphatic carbocycles. The van der Waals surface area contributed by atoms with Crippen molar-refractivity contribution in [1.29, 1.82) is 0 Å². The van der Waals surface area contributed by atoms with Gasteiger partial charge in [0.1, 0.15) is 0 Å². The molecule has 1 aliphatic rings. The van der Waals surface area contributed by atoms with Gasteiger partial charge in [-0.3, -0.25) is 9.59 Å². The number of carbonyl (C=O) groups is 2. The number of benzene rings is 2. The summed E-state index contributed by atoms with van der Waals surface area (Å²) in [5.41, 5.74) is 3.08. The first-order chi connectivity index (χ1) is 12.7. The number of anilines is 2. The quantitative estimate of drug-likeness (QED) is 0.764. The van der Waals surface area contributed by atoms with E-state index in [1.54, 1.807) is 0 Å². The van der Waals surface area contributed by atoms with Crippen LogP contribution in [0.1, 0.15) is 31.7 Å². The van der Waals surface area contributed by atoms with E-state index >= 15 is 0 Å². The monoisotopic (exact) mass is 368 g/mol. The molecule has 0 bridgehead atoms. The molecule has 2 aromatic carbocycles. The summed E-state index contributed by atoms with van der Waals surface area (Å²) in [6.07, 6.45) is 3.38. The number of nitrogens with zero attached hydrogens (tertiary/aromatic N) is 1. The van der Waals surface area contributed by atoms with Crippen molar-refractivity contribution in [2.45, 2.75) is 37.5 Å². The number of rotatable bonds is 6. The molecule has 4 nitrogen and oxygen atoms in total. The predicted octanol–water partition coefficient (Wildman–Crippen LogP) is 4.50. The summed E-state index contributed by atoms with van der Waals surface area (Å²) in [5.74, 6) is 0.541. The lowest BCUT2D eigenvalue weighted by molar-refractivity contribution is -0.117. The van der Waals surface area contributed by atoms with Gasteiger partial charge in [0, 0.05) is 29.2 Å². The second-order valence-corrected chi connectivity index (χ2v) is 7.44. The number of fused-ring (bicyclic) bond motifs is 1. The Hall–Kier alpha value is -2.27. The lowest BCUT2D eigenvalue weighted by atomic mass is 10.0. The Morgan fingerprint density at radius 1 is 1.15 bits per heavy atom. The van der Waals surface area contributed by atoms with Crippen molar-refractivity contribution >= 4 is 35.0 Å². The molecule has 0 spiro atoms. The van der Waals surface area contributed by atoms with Crippen LogP contribution in [0.2, 0.25) is 0 Å². The van der Waals surface area contributed by atoms with Gasteiger partial charge in [0.25, 0.3) is 0 Å². The molecule has 136 valence electrons. The lowest BCUT2D eigenvalue weighted by Crippen LogP contribution is -2.36. The molecule has 0 atom stereocenters. The highest BCUT2D eigenvalue weighted by Gasteiger charge is 2.21. The maximum atomic E-state index is 12.7. The lowest BCUT2D eigenvalue weighted by Gasteiger charge is -2.29. The molecule has 0 aromatic heterocycles. The third-order valence-corrected chi connectivity index (χ3v) is 5.35. The summed E-state index contributed by atoms with van der Waals surface area (Å²) < 4.78 is 0. The molecule has 1 heterocycles. The van der Waals surface area contributed by atoms with Crippen molar-refractivity contribution < 1.29 is 9.59 Å². The smallest absolute Gasteiger partial charge is 0.237 e. The van der Waals surface area contributed by atoms with Gasteiger partial charge >= 0.3 is 0 Å². The molecule has 3 rings (SSSR count). The first-order valence-corrected chi connectivity index (χ1v) is 10.1. The largest absolute Gasteiger partial charge is 0.326 e. The van der Waals surface area contributed by atoms with Gasteiger partial charge in [0.05, 0.1) is 5.75 Å². The molecule has 26 heavy (non-hydrogen) atoms. The van der Waals surface area contributed by atoms with Crippen LogP contribution < -0.4 is 10.2 Å². The molecule has 1 aliphatic heterocycles. The van der Waals surface area contributed by atoms with Crippen molar-refractivity contribution in [3.05, 3.63) is 54.1 Å². The van der Waals surface area contributed by atoms with Gasteiger partial charge in [-0.15, -0.1) is 11.8 Å². The summed E-state index contributed by atoms with van der Waals surface area (Å²) in [5, 5.41) is 2.90. The van der Waals surface area contributed by atoms with E-state index in [9.17, 15) is 9.59 Å². The number of para-hydroxylation sites is 1. The second-order valence-electron chi connectivity index (χ2n) is 6.39. The zero-order valence-corrected chi connectivity index (χ0v) is 15.8. The van der Waals surface area contributed by atoms with Crippen LogP contribution in [0.15, 0.2) is 53.4 Å². The van der Waals surface area contributed by atoms with E-state index in [4.69, 9.17) is 0 Å². The first kappa shape index (κ1) is 18.5. The Morgan fingerprint density at radius 2 is 2.00 bits per heavy atom. The highest BCUT2D eigenvalue weighted by Crippen LogP contribution is 2.28. The summed E-state index contributed by atoms with van der Waals surface area (Å²) in [4.78, 5) is 27.3. The number of thioether (sulfide) groups is 1. The van der Waals surface area contributed by atoms with Crippen LogP contribution in [0.5, 0.6) is 0 Å². The van der Waals surface area contributed by atoms with Crippen LogP contribution in [0.25, 0.3) is 0 Å². The van der Waals surface area contributed by atoms with Crippen LogP contribution >= 0.6 is 11.8 Å². The summed E-state index contributed by atoms with van der Waals surface area (Å²) in [6.45, 7) is 2.76. The van der Waals surface area contributed by atoms with E-state index in [1.165, 1.54) is 17.3 Å². The molecule has 0 saturated heterocycles. The maximum absolute atomic E-state index is 12.7. The number of nitrogens with one attached hydrogen (secondary N) is 1. The zero-order chi connectivity index (χ0) is 18.4. The van der Waals surface area contributed by atoms with Gasteiger partial charge < -0.3 is 10.2 Å². The molecule has 2 amide bonds. The fourth-order valence-corrected chi connectivity index (χ4v) is 3.96. The summed E-state index contributed by atoms with van der Waals surface area (Å²) in [7, 11) is 0. The van der Waals surface area contributed by atoms with Gasteiger partial charge in [-0.25, -0.2) is 0 Å². The molecule has 0 saturated carbocycles. The summed E-state index contributed by atoms with van der Waals surface area (Å²) in [6, 6.07) is 15.8. The predicted molar refractivity (Wildman–Crippen MR) is 108 cm³/mol. The van der Waals surface area contributed by atoms with Gasteiger partial charge in [-0.05, 0) is 49.1 Å². The number of hydrogen-bond acceptors (Lipinski definition) is 3. The molecule has 0 unspecified atom stereocenters. The van der Waals surface area contributed by atoms with E-state index in [0.717, 1.165) is 42.1 Å². The first-order valence-electron chi connectivity index (χ1n) is 9.08. The van der Waals surface area contributed by atoms with Crippen molar-refractivity contribution in [3.63, 3.8) is 0 Å². The van der Waals surface area contributed by atoms with Crippen LogP contribution in [0, 0.1) is 0 Å². The maximum Gasteiger partial charge on any atom is 0.237 e. The van der Waals surface area contributed by atoms with Crippen molar-refractivity contribution in [3.8, 4) is 0 Å². The van der Waals surface area contributed by atoms with Crippen LogP contribution in [-0.2, 0) is 16.0 Å². The Balaban J connectivity index is 1.61. The van der Waals surface area contributed by atoms with Crippen molar-refractivity contribution in [2.24, 2.45) is 0 Å². The molecular formula is C21H24N2O2S. The van der Waals surface area contributed by atoms with Gasteiger partial charge in [0.15, 0.2) is 0 Å². The topological polar surface area (TPSA) is 49.4 Å². The zero-order valence-electron chi connectivity index (χ0n) is 15.0. The molecule has 0 radical (unpaired) electrons. The SMILES string of the molecule is CCCC(=O)Nc1cccc(SCC(=O)N2CCCc3ccccc32)c1. The minimum Gasteiger partial charge on any atom is -0.326 e. The highest BCUT2D eigenvalue weighted by molar-refractivity contribution is 8.00. The van der Waals surface area contributed by atoms with Crippen LogP contribution in [-0.4, -0.2) is 24.1 Å². The number of hydrogen-bond donors (Lipinski definition) is 1. The van der Waals surface area contributed by atoms with Gasteiger partial charge in [0.2, 0.25) is 11.8 Å². The number of carbonyl (C=O) groups excluding carboxylic acids is 2. The van der Waals surface area contributed by atoms with Gasteiger partial charge in [-0.1, -0.05) is 31.2 Å². The third kappa shape index (κ3) is 4.67. The molecular weight excluding hydrogens is 344 g/mol. The second kappa shape index (κ2) is 8.90. The summed E-state index contributed by atoms with van der Waals surface area (Å²) >= 11 is 1.51. The minimum absolute atomic E-state index is 0.0238. The number of aryl methyl sites for hydroxylation is 1. The average Bonchev–Trinajstić information content (AvgIpc) is 2.66. The van der Waals surface area contributed by atoms with E-state index in [-0.39, 0.29) is 11.8 Å². The van der Waals surface area contributed by atoms with Crippen LogP contribution in [0.4, 0.5) is 11.4 Å². The minimum atomic E-state index is 0.0238. The number of amides is 2. The fraction of sp³-hybridized carbons (Fsp3) is 0.333. The molecule has 1 N–H and O–H groups in total. The Bertz CT molecular complexity index is 791. The standard InChI is InChI=1S/C21H24N2O2S/c1-2-7-20(24)22-17-10-5-11-18(14-17)26-15-21(25)23-13-6-9-16-8-3-4-12-19(16)23/h3-5,8,10-12,14H,2,6-7,9,13,15H2,1H3,(H,22,24). The van der Waals surface area contributed by atoms with E-state index in [2.05, 4.69) is 11.4 Å². The molecule has 5 heteroatoms. The van der Waals surface area contributed by atoms with E-state index < -0.39 is 0 Å². The Labute approximate surface area is 159 Å². The normalized spacial score (nSPS) is 13.2. The van der Waals surface area contributed by atoms with Crippen molar-refractivity contribution in [2.75, 3.05) is 22.5 Å².